The van der Waals surface area contributed by atoms with E-state index in [1.54, 1.807) is 67.8 Å². The number of rotatable bonds is 31. The summed E-state index contributed by atoms with van der Waals surface area (Å²) in [4.78, 5) is 95.1. The maximum Gasteiger partial charge on any atom is 0.306 e. The molecule has 0 saturated carbocycles. The van der Waals surface area contributed by atoms with Gasteiger partial charge in [0.1, 0.15) is 30.5 Å². The zero-order valence-electron chi connectivity index (χ0n) is 38.2. The average Bonchev–Trinajstić information content (AvgIpc) is 3.32. The van der Waals surface area contributed by atoms with Gasteiger partial charge < -0.3 is 44.6 Å². The molecule has 0 fully saturated rings. The van der Waals surface area contributed by atoms with Gasteiger partial charge in [-0.05, 0) is 85.5 Å². The fourth-order valence-corrected chi connectivity index (χ4v) is 7.18. The van der Waals surface area contributed by atoms with Crippen molar-refractivity contribution in [3.05, 3.63) is 131 Å². The summed E-state index contributed by atoms with van der Waals surface area (Å²) < 4.78 is 21.4. The molecule has 0 saturated heterocycles. The van der Waals surface area contributed by atoms with Crippen LogP contribution in [0.5, 0.6) is 11.5 Å². The third-order valence-electron chi connectivity index (χ3n) is 10.9. The lowest BCUT2D eigenvalue weighted by molar-refractivity contribution is -0.147. The van der Waals surface area contributed by atoms with Crippen molar-refractivity contribution < 1.29 is 62.7 Å². The van der Waals surface area contributed by atoms with Gasteiger partial charge in [0, 0.05) is 57.7 Å². The number of ketones is 3. The first-order valence-electron chi connectivity index (χ1n) is 22.5. The van der Waals surface area contributed by atoms with Crippen LogP contribution < -0.4 is 10.6 Å². The summed E-state index contributed by atoms with van der Waals surface area (Å²) in [7, 11) is 1.54. The second-order valence-corrected chi connectivity index (χ2v) is 16.4. The van der Waals surface area contributed by atoms with Gasteiger partial charge in [-0.3, -0.25) is 28.8 Å². The van der Waals surface area contributed by atoms with Crippen molar-refractivity contribution in [1.82, 2.24) is 10.6 Å². The van der Waals surface area contributed by atoms with Gasteiger partial charge in [0.25, 0.3) is 0 Å². The van der Waals surface area contributed by atoms with Crippen LogP contribution in [0.1, 0.15) is 80.5 Å². The highest BCUT2D eigenvalue weighted by Crippen LogP contribution is 2.22. The van der Waals surface area contributed by atoms with E-state index in [4.69, 9.17) is 18.9 Å². The number of esters is 2. The van der Waals surface area contributed by atoms with Gasteiger partial charge in [0.2, 0.25) is 11.8 Å². The zero-order valence-corrected chi connectivity index (χ0v) is 38.2. The number of benzene rings is 4. The van der Waals surface area contributed by atoms with Crippen LogP contribution in [-0.4, -0.2) is 90.3 Å². The molecule has 4 rings (SSSR count). The lowest BCUT2D eigenvalue weighted by atomic mass is 9.89. The van der Waals surface area contributed by atoms with Crippen LogP contribution in [-0.2, 0) is 78.6 Å². The number of phenolic OH excluding ortho intramolecular Hbond substituents is 2. The predicted molar refractivity (Wildman–Crippen MR) is 247 cm³/mol. The first-order valence-corrected chi connectivity index (χ1v) is 22.5. The predicted octanol–water partition coefficient (Wildman–Crippen LogP) is 6.08. The Balaban J connectivity index is 1.58. The molecule has 0 bridgehead atoms. The summed E-state index contributed by atoms with van der Waals surface area (Å²) in [6, 6.07) is 27.9. The molecule has 0 aliphatic heterocycles. The Morgan fingerprint density at radius 3 is 1.57 bits per heavy atom. The second-order valence-electron chi connectivity index (χ2n) is 16.4. The molecule has 4 atom stereocenters. The largest absolute Gasteiger partial charge is 0.508 e. The molecule has 15 nitrogen and oxygen atoms in total. The van der Waals surface area contributed by atoms with Crippen LogP contribution in [0, 0.1) is 11.8 Å². The Morgan fingerprint density at radius 1 is 0.522 bits per heavy atom. The molecule has 67 heavy (non-hydrogen) atoms. The summed E-state index contributed by atoms with van der Waals surface area (Å²) in [6.07, 6.45) is -1.01. The standard InChI is InChI=1S/C52H62N2O13/c1-36(55)30-42(31-37-15-20-43(56)21-16-37)52(63)54-46(32-38-17-22-44(57)23-18-38)48(59)33-41(19-25-49(60)66-34-39-10-5-3-6-11-39)51(62)53-45(47(58)14-9-27-65-29-28-64-2)24-26-50(61)67-35-40-12-7-4-8-13-40/h3-8,10-13,15-18,20-23,41-42,45-46,56-57H,9,14,19,24-35H2,1-2H3,(H,53,62)(H,54,63)/t41-,42+,45-,46-/m1/s1. The van der Waals surface area contributed by atoms with Gasteiger partial charge in [-0.15, -0.1) is 0 Å². The minimum absolute atomic E-state index is 0.00128. The molecular weight excluding hydrogens is 861 g/mol. The molecule has 4 N–H and O–H groups in total. The lowest BCUT2D eigenvalue weighted by Crippen LogP contribution is -2.48. The van der Waals surface area contributed by atoms with Crippen molar-refractivity contribution in [3.8, 4) is 11.5 Å². The molecule has 0 heterocycles. The number of ether oxygens (including phenoxy) is 4. The van der Waals surface area contributed by atoms with E-state index in [1.165, 1.54) is 31.2 Å². The van der Waals surface area contributed by atoms with Crippen molar-refractivity contribution in [2.75, 3.05) is 26.9 Å². The number of phenols is 2. The lowest BCUT2D eigenvalue weighted by Gasteiger charge is -2.25. The van der Waals surface area contributed by atoms with E-state index in [1.807, 2.05) is 24.3 Å². The first-order chi connectivity index (χ1) is 32.3. The molecular formula is C52H62N2O13. The molecule has 0 unspecified atom stereocenters. The van der Waals surface area contributed by atoms with Gasteiger partial charge in [-0.2, -0.15) is 0 Å². The third-order valence-corrected chi connectivity index (χ3v) is 10.9. The second kappa shape index (κ2) is 29.0. The number of nitrogens with one attached hydrogen (secondary N) is 2. The molecule has 0 radical (unpaired) electrons. The first kappa shape index (κ1) is 52.9. The molecule has 15 heteroatoms. The Kier molecular flexibility index (Phi) is 22.9. The van der Waals surface area contributed by atoms with Gasteiger partial charge in [0.05, 0.1) is 25.3 Å². The number of aromatic hydroxyl groups is 2. The number of amides is 2. The van der Waals surface area contributed by atoms with Crippen molar-refractivity contribution >= 4 is 41.1 Å². The molecule has 0 aliphatic carbocycles. The van der Waals surface area contributed by atoms with Gasteiger partial charge >= 0.3 is 11.9 Å². The van der Waals surface area contributed by atoms with Crippen LogP contribution in [0.3, 0.4) is 0 Å². The minimum atomic E-state index is -1.23. The molecule has 0 aromatic heterocycles. The van der Waals surface area contributed by atoms with Crippen LogP contribution in [0.2, 0.25) is 0 Å². The van der Waals surface area contributed by atoms with E-state index in [-0.39, 0.29) is 94.3 Å². The summed E-state index contributed by atoms with van der Waals surface area (Å²) in [5, 5.41) is 25.4. The molecule has 0 aliphatic rings. The Labute approximate surface area is 391 Å². The van der Waals surface area contributed by atoms with E-state index < -0.39 is 59.9 Å². The highest BCUT2D eigenvalue weighted by atomic mass is 16.5. The van der Waals surface area contributed by atoms with E-state index in [2.05, 4.69) is 10.6 Å². The van der Waals surface area contributed by atoms with Crippen LogP contribution in [0.15, 0.2) is 109 Å². The quantitative estimate of drug-likeness (QED) is 0.0333. The van der Waals surface area contributed by atoms with Crippen molar-refractivity contribution in [2.45, 2.75) is 96.4 Å². The SMILES string of the molecule is COCCOCCCC(=O)[C@@H](CCC(=O)OCc1ccccc1)NC(=O)[C@H](CCC(=O)OCc1ccccc1)CC(=O)[C@@H](Cc1ccc(O)cc1)NC(=O)[C@@H](CC(C)=O)Cc1ccc(O)cc1. The Hall–Kier alpha value is -6.71. The molecule has 4 aromatic rings. The fourth-order valence-electron chi connectivity index (χ4n) is 7.18. The van der Waals surface area contributed by atoms with Crippen LogP contribution in [0.25, 0.3) is 0 Å². The summed E-state index contributed by atoms with van der Waals surface area (Å²) in [6.45, 7) is 2.29. The number of hydrogen-bond donors (Lipinski definition) is 4. The smallest absolute Gasteiger partial charge is 0.306 e. The normalized spacial score (nSPS) is 12.7. The third kappa shape index (κ3) is 20.6. The number of hydrogen-bond acceptors (Lipinski definition) is 13. The topological polar surface area (TPSA) is 221 Å². The maximum absolute atomic E-state index is 14.5. The van der Waals surface area contributed by atoms with E-state index in [0.717, 1.165) is 11.1 Å². The average molecular weight is 923 g/mol. The van der Waals surface area contributed by atoms with E-state index in [0.29, 0.717) is 30.8 Å². The summed E-state index contributed by atoms with van der Waals surface area (Å²) in [5.74, 6) is -5.86. The highest BCUT2D eigenvalue weighted by molar-refractivity contribution is 5.95. The highest BCUT2D eigenvalue weighted by Gasteiger charge is 2.33. The Bertz CT molecular complexity index is 2180. The molecule has 358 valence electrons. The summed E-state index contributed by atoms with van der Waals surface area (Å²) >= 11 is 0. The van der Waals surface area contributed by atoms with Gasteiger partial charge in [-0.25, -0.2) is 0 Å². The van der Waals surface area contributed by atoms with Crippen molar-refractivity contribution in [3.63, 3.8) is 0 Å². The van der Waals surface area contributed by atoms with Crippen molar-refractivity contribution in [2.24, 2.45) is 11.8 Å². The van der Waals surface area contributed by atoms with Crippen LogP contribution >= 0.6 is 0 Å². The minimum Gasteiger partial charge on any atom is -0.508 e. The molecule has 0 spiro atoms. The number of carbonyl (C=O) groups excluding carboxylic acids is 7. The maximum atomic E-state index is 14.5. The van der Waals surface area contributed by atoms with Gasteiger partial charge in [0.15, 0.2) is 11.6 Å². The monoisotopic (exact) mass is 922 g/mol. The van der Waals surface area contributed by atoms with Crippen molar-refractivity contribution in [1.29, 1.82) is 0 Å². The van der Waals surface area contributed by atoms with Crippen LogP contribution in [0.4, 0.5) is 0 Å². The Morgan fingerprint density at radius 2 is 1.03 bits per heavy atom. The molecule has 2 amide bonds. The van der Waals surface area contributed by atoms with E-state index >= 15 is 0 Å². The fraction of sp³-hybridized carbons (Fsp3) is 0.404. The number of carbonyl (C=O) groups is 7. The zero-order chi connectivity index (χ0) is 48.4. The van der Waals surface area contributed by atoms with Gasteiger partial charge in [-0.1, -0.05) is 84.9 Å². The number of Topliss-reactive ketones (excluding diaryl/α,β-unsaturated/α-hetero) is 3. The summed E-state index contributed by atoms with van der Waals surface area (Å²) in [5.41, 5.74) is 2.75. The van der Waals surface area contributed by atoms with E-state index in [9.17, 15) is 43.8 Å². The number of methoxy groups -OCH3 is 1. The molecule has 4 aromatic carbocycles.